The van der Waals surface area contributed by atoms with Crippen LogP contribution in [0.5, 0.6) is 0 Å². The minimum atomic E-state index is -0.211. The lowest BCUT2D eigenvalue weighted by molar-refractivity contribution is 0.159. The summed E-state index contributed by atoms with van der Waals surface area (Å²) >= 11 is 0. The van der Waals surface area contributed by atoms with Crippen molar-refractivity contribution in [3.8, 4) is 0 Å². The molecule has 2 N–H and O–H groups in total. The third-order valence-electron chi connectivity index (χ3n) is 8.31. The summed E-state index contributed by atoms with van der Waals surface area (Å²) in [6.45, 7) is 17.6. The van der Waals surface area contributed by atoms with E-state index in [9.17, 15) is 4.79 Å². The predicted octanol–water partition coefficient (Wildman–Crippen LogP) is 8.79. The SMILES string of the molecule is CC(C)=CCC[C@@](C)(NC(=O)N[C@@](C)(CCC=C(C)C)[C@H]1CC=C(C)CC1)[C@@H]1CC=C(C)CC1. The summed E-state index contributed by atoms with van der Waals surface area (Å²) < 4.78 is 0. The van der Waals surface area contributed by atoms with Gasteiger partial charge in [0.25, 0.3) is 0 Å². The van der Waals surface area contributed by atoms with Crippen molar-refractivity contribution in [1.82, 2.24) is 10.6 Å². The first-order valence-electron chi connectivity index (χ1n) is 13.6. The van der Waals surface area contributed by atoms with E-state index >= 15 is 0 Å². The van der Waals surface area contributed by atoms with Gasteiger partial charge in [-0.25, -0.2) is 4.79 Å². The molecule has 0 aromatic heterocycles. The molecule has 3 nitrogen and oxygen atoms in total. The van der Waals surface area contributed by atoms with Crippen LogP contribution in [0.15, 0.2) is 46.6 Å². The fraction of sp³-hybridized carbons (Fsp3) is 0.710. The molecule has 34 heavy (non-hydrogen) atoms. The van der Waals surface area contributed by atoms with Gasteiger partial charge in [0, 0.05) is 11.1 Å². The summed E-state index contributed by atoms with van der Waals surface area (Å²) in [6, 6.07) is 0.0111. The number of hydrogen-bond donors (Lipinski definition) is 2. The van der Waals surface area contributed by atoms with Crippen molar-refractivity contribution < 1.29 is 4.79 Å². The maximum Gasteiger partial charge on any atom is 0.315 e. The summed E-state index contributed by atoms with van der Waals surface area (Å²) in [5.41, 5.74) is 5.24. The van der Waals surface area contributed by atoms with Crippen molar-refractivity contribution >= 4 is 6.03 Å². The monoisotopic (exact) mass is 468 g/mol. The molecular weight excluding hydrogens is 416 g/mol. The lowest BCUT2D eigenvalue weighted by Gasteiger charge is -2.44. The molecule has 0 unspecified atom stereocenters. The van der Waals surface area contributed by atoms with Gasteiger partial charge in [0.05, 0.1) is 0 Å². The quantitative estimate of drug-likeness (QED) is 0.309. The van der Waals surface area contributed by atoms with Crippen LogP contribution < -0.4 is 10.6 Å². The highest BCUT2D eigenvalue weighted by atomic mass is 16.2. The molecule has 0 saturated heterocycles. The Bertz CT molecular complexity index is 743. The summed E-state index contributed by atoms with van der Waals surface area (Å²) in [6.07, 6.45) is 20.0. The van der Waals surface area contributed by atoms with Gasteiger partial charge >= 0.3 is 6.03 Å². The maximum atomic E-state index is 13.6. The first-order chi connectivity index (χ1) is 15.9. The Balaban J connectivity index is 2.19. The minimum Gasteiger partial charge on any atom is -0.333 e. The van der Waals surface area contributed by atoms with E-state index in [0.717, 1.165) is 64.2 Å². The molecule has 0 bridgehead atoms. The summed E-state index contributed by atoms with van der Waals surface area (Å²) in [4.78, 5) is 13.6. The molecule has 2 rings (SSSR count). The normalized spacial score (nSPS) is 24.0. The van der Waals surface area contributed by atoms with E-state index < -0.39 is 0 Å². The molecule has 0 heterocycles. The van der Waals surface area contributed by atoms with Crippen LogP contribution in [0.1, 0.15) is 120 Å². The van der Waals surface area contributed by atoms with E-state index in [0.29, 0.717) is 11.8 Å². The van der Waals surface area contributed by atoms with Crippen LogP contribution >= 0.6 is 0 Å². The average Bonchev–Trinajstić information content (AvgIpc) is 2.73. The number of allylic oxidation sites excluding steroid dienone is 8. The zero-order valence-corrected chi connectivity index (χ0v) is 23.4. The van der Waals surface area contributed by atoms with E-state index in [2.05, 4.69) is 90.3 Å². The second-order valence-electron chi connectivity index (χ2n) is 12.1. The topological polar surface area (TPSA) is 41.1 Å². The highest BCUT2D eigenvalue weighted by Gasteiger charge is 2.39. The lowest BCUT2D eigenvalue weighted by atomic mass is 9.73. The van der Waals surface area contributed by atoms with Crippen LogP contribution in [-0.2, 0) is 0 Å². The van der Waals surface area contributed by atoms with Gasteiger partial charge in [-0.15, -0.1) is 0 Å². The highest BCUT2D eigenvalue weighted by Crippen LogP contribution is 2.37. The molecule has 0 spiro atoms. The molecule has 192 valence electrons. The van der Waals surface area contributed by atoms with Gasteiger partial charge < -0.3 is 10.6 Å². The zero-order valence-electron chi connectivity index (χ0n) is 23.4. The van der Waals surface area contributed by atoms with Crippen molar-refractivity contribution in [2.45, 2.75) is 131 Å². The van der Waals surface area contributed by atoms with Crippen molar-refractivity contribution in [2.75, 3.05) is 0 Å². The molecule has 0 radical (unpaired) electrons. The smallest absolute Gasteiger partial charge is 0.315 e. The zero-order chi connectivity index (χ0) is 25.4. The number of amides is 2. The summed E-state index contributed by atoms with van der Waals surface area (Å²) in [5, 5.41) is 7.03. The average molecular weight is 469 g/mol. The van der Waals surface area contributed by atoms with Gasteiger partial charge in [-0.3, -0.25) is 0 Å². The summed E-state index contributed by atoms with van der Waals surface area (Å²) in [5.74, 6) is 0.953. The van der Waals surface area contributed by atoms with E-state index in [1.54, 1.807) is 0 Å². The third kappa shape index (κ3) is 8.78. The van der Waals surface area contributed by atoms with Crippen molar-refractivity contribution in [3.05, 3.63) is 46.6 Å². The standard InChI is InChI=1S/C31H52N2O/c1-23(2)11-9-21-30(7,27-17-13-25(5)14-18-27)32-29(34)33-31(8,22-10-12-24(3)4)28-19-15-26(6)16-20-28/h11-13,15,27-28H,9-10,14,16-22H2,1-8H3,(H2,32,33,34)/t27-,28+,30-,31+. The number of carbonyl (C=O) groups is 1. The first-order valence-corrected chi connectivity index (χ1v) is 13.6. The van der Waals surface area contributed by atoms with Gasteiger partial charge in [0.15, 0.2) is 0 Å². The fourth-order valence-electron chi connectivity index (χ4n) is 5.70. The third-order valence-corrected chi connectivity index (χ3v) is 8.31. The van der Waals surface area contributed by atoms with E-state index in [-0.39, 0.29) is 17.1 Å². The Labute approximate surface area is 210 Å². The number of rotatable bonds is 10. The van der Waals surface area contributed by atoms with Crippen molar-refractivity contribution in [3.63, 3.8) is 0 Å². The Hall–Kier alpha value is -1.77. The lowest BCUT2D eigenvalue weighted by Crippen LogP contribution is -2.60. The Kier molecular flexibility index (Phi) is 10.7. The Morgan fingerprint density at radius 2 is 1.21 bits per heavy atom. The van der Waals surface area contributed by atoms with Gasteiger partial charge in [0.2, 0.25) is 0 Å². The Morgan fingerprint density at radius 1 is 0.824 bits per heavy atom. The molecular formula is C31H52N2O. The molecule has 2 aliphatic rings. The molecule has 2 amide bonds. The number of carbonyl (C=O) groups excluding carboxylic acids is 1. The van der Waals surface area contributed by atoms with Crippen molar-refractivity contribution in [1.29, 1.82) is 0 Å². The second-order valence-corrected chi connectivity index (χ2v) is 12.1. The van der Waals surface area contributed by atoms with E-state index in [4.69, 9.17) is 0 Å². The number of urea groups is 1. The molecule has 4 atom stereocenters. The number of hydrogen-bond acceptors (Lipinski definition) is 1. The van der Waals surface area contributed by atoms with Crippen molar-refractivity contribution in [2.24, 2.45) is 11.8 Å². The van der Waals surface area contributed by atoms with E-state index in [1.165, 1.54) is 22.3 Å². The van der Waals surface area contributed by atoms with Crippen LogP contribution in [0.2, 0.25) is 0 Å². The van der Waals surface area contributed by atoms with Crippen LogP contribution in [0.25, 0.3) is 0 Å². The van der Waals surface area contributed by atoms with Gasteiger partial charge in [-0.1, -0.05) is 46.6 Å². The molecule has 0 fully saturated rings. The van der Waals surface area contributed by atoms with Gasteiger partial charge in [-0.2, -0.15) is 0 Å². The van der Waals surface area contributed by atoms with Gasteiger partial charge in [0.1, 0.15) is 0 Å². The van der Waals surface area contributed by atoms with Crippen LogP contribution in [0.4, 0.5) is 4.79 Å². The maximum absolute atomic E-state index is 13.6. The molecule has 0 aromatic rings. The second kappa shape index (κ2) is 12.8. The molecule has 2 aliphatic carbocycles. The molecule has 3 heteroatoms. The molecule has 0 aliphatic heterocycles. The minimum absolute atomic E-state index is 0.0111. The first kappa shape index (κ1) is 28.5. The van der Waals surface area contributed by atoms with Crippen LogP contribution in [-0.4, -0.2) is 17.1 Å². The Morgan fingerprint density at radius 3 is 1.50 bits per heavy atom. The van der Waals surface area contributed by atoms with Crippen LogP contribution in [0, 0.1) is 11.8 Å². The largest absolute Gasteiger partial charge is 0.333 e. The van der Waals surface area contributed by atoms with E-state index in [1.807, 2.05) is 0 Å². The van der Waals surface area contributed by atoms with Gasteiger partial charge in [-0.05, 0) is 131 Å². The highest BCUT2D eigenvalue weighted by molar-refractivity contribution is 5.75. The predicted molar refractivity (Wildman–Crippen MR) is 148 cm³/mol. The molecule has 0 aromatic carbocycles. The fourth-order valence-corrected chi connectivity index (χ4v) is 5.70. The molecule has 0 saturated carbocycles. The summed E-state index contributed by atoms with van der Waals surface area (Å²) in [7, 11) is 0. The van der Waals surface area contributed by atoms with Crippen LogP contribution in [0.3, 0.4) is 0 Å². The number of nitrogens with one attached hydrogen (secondary N) is 2.